The Morgan fingerprint density at radius 2 is 2.00 bits per heavy atom. The number of para-hydroxylation sites is 1. The molecule has 1 aliphatic heterocycles. The zero-order valence-corrected chi connectivity index (χ0v) is 13.9. The van der Waals surface area contributed by atoms with E-state index in [1.165, 1.54) is 28.9 Å². The lowest BCUT2D eigenvalue weighted by atomic mass is 9.94. The summed E-state index contributed by atoms with van der Waals surface area (Å²) in [4.78, 5) is 2.48. The van der Waals surface area contributed by atoms with E-state index in [1.54, 1.807) is 0 Å². The van der Waals surface area contributed by atoms with Crippen molar-refractivity contribution in [2.45, 2.75) is 32.2 Å². The first-order chi connectivity index (χ1) is 10.2. The van der Waals surface area contributed by atoms with Crippen LogP contribution >= 0.6 is 15.9 Å². The van der Waals surface area contributed by atoms with Gasteiger partial charge in [0.15, 0.2) is 0 Å². The molecule has 0 radical (unpaired) electrons. The van der Waals surface area contributed by atoms with Gasteiger partial charge in [0, 0.05) is 21.9 Å². The quantitative estimate of drug-likeness (QED) is 0.892. The van der Waals surface area contributed by atoms with E-state index in [1.807, 2.05) is 0 Å². The molecule has 0 spiro atoms. The van der Waals surface area contributed by atoms with E-state index in [-0.39, 0.29) is 0 Å². The predicted molar refractivity (Wildman–Crippen MR) is 93.3 cm³/mol. The molecule has 0 fully saturated rings. The second kappa shape index (κ2) is 6.20. The van der Waals surface area contributed by atoms with Gasteiger partial charge in [0.1, 0.15) is 0 Å². The number of aryl methyl sites for hydroxylation is 1. The Balaban J connectivity index is 2.11. The molecule has 0 saturated heterocycles. The van der Waals surface area contributed by atoms with E-state index in [0.29, 0.717) is 12.6 Å². The van der Waals surface area contributed by atoms with Crippen molar-refractivity contribution in [3.05, 3.63) is 58.1 Å². The molecule has 21 heavy (non-hydrogen) atoms. The molecule has 2 N–H and O–H groups in total. The number of nitrogens with zero attached hydrogens (tertiary/aromatic N) is 1. The molecule has 0 bridgehead atoms. The number of halogens is 1. The van der Waals surface area contributed by atoms with E-state index in [0.717, 1.165) is 17.3 Å². The maximum atomic E-state index is 5.80. The van der Waals surface area contributed by atoms with Gasteiger partial charge in [-0.3, -0.25) is 0 Å². The molecular formula is C18H21BrN2. The van der Waals surface area contributed by atoms with Crippen LogP contribution < -0.4 is 10.6 Å². The Bertz CT molecular complexity index is 639. The third-order valence-electron chi connectivity index (χ3n) is 4.24. The number of benzene rings is 2. The van der Waals surface area contributed by atoms with Crippen LogP contribution in [0.1, 0.15) is 24.5 Å². The highest BCUT2D eigenvalue weighted by atomic mass is 79.9. The Hall–Kier alpha value is -1.32. The van der Waals surface area contributed by atoms with Gasteiger partial charge in [0.2, 0.25) is 0 Å². The molecule has 0 saturated carbocycles. The van der Waals surface area contributed by atoms with Crippen molar-refractivity contribution in [1.29, 1.82) is 0 Å². The summed E-state index contributed by atoms with van der Waals surface area (Å²) < 4.78 is 1.12. The summed E-state index contributed by atoms with van der Waals surface area (Å²) in [7, 11) is 0. The average molecular weight is 345 g/mol. The molecule has 0 amide bonds. The monoisotopic (exact) mass is 344 g/mol. The highest BCUT2D eigenvalue weighted by Gasteiger charge is 2.25. The fourth-order valence-corrected chi connectivity index (χ4v) is 3.61. The molecule has 110 valence electrons. The molecule has 2 aromatic rings. The minimum absolute atomic E-state index is 0.512. The van der Waals surface area contributed by atoms with Crippen molar-refractivity contribution in [2.75, 3.05) is 11.4 Å². The summed E-state index contributed by atoms with van der Waals surface area (Å²) in [6, 6.07) is 15.8. The van der Waals surface area contributed by atoms with Crippen LogP contribution in [0.25, 0.3) is 0 Å². The lowest BCUT2D eigenvalue weighted by molar-refractivity contribution is 0.616. The van der Waals surface area contributed by atoms with Crippen LogP contribution in [0, 0.1) is 0 Å². The topological polar surface area (TPSA) is 29.3 Å². The summed E-state index contributed by atoms with van der Waals surface area (Å²) in [5.41, 5.74) is 11.2. The predicted octanol–water partition coefficient (Wildman–Crippen LogP) is 4.42. The van der Waals surface area contributed by atoms with Gasteiger partial charge in [-0.25, -0.2) is 0 Å². The lowest BCUT2D eigenvalue weighted by Crippen LogP contribution is -2.34. The van der Waals surface area contributed by atoms with Crippen molar-refractivity contribution in [1.82, 2.24) is 0 Å². The summed E-state index contributed by atoms with van der Waals surface area (Å²) in [5, 5.41) is 0. The van der Waals surface area contributed by atoms with Crippen LogP contribution in [-0.2, 0) is 12.8 Å². The molecule has 1 heterocycles. The van der Waals surface area contributed by atoms with E-state index in [2.05, 4.69) is 70.2 Å². The van der Waals surface area contributed by atoms with Crippen LogP contribution in [0.15, 0.2) is 46.9 Å². The smallest absolute Gasteiger partial charge is 0.0447 e. The summed E-state index contributed by atoms with van der Waals surface area (Å²) in [5.74, 6) is 0. The summed E-state index contributed by atoms with van der Waals surface area (Å²) >= 11 is 3.58. The molecule has 2 nitrogen and oxygen atoms in total. The molecule has 2 aromatic carbocycles. The maximum Gasteiger partial charge on any atom is 0.0447 e. The fraction of sp³-hybridized carbons (Fsp3) is 0.333. The van der Waals surface area contributed by atoms with Gasteiger partial charge < -0.3 is 10.6 Å². The Morgan fingerprint density at radius 1 is 1.19 bits per heavy atom. The summed E-state index contributed by atoms with van der Waals surface area (Å²) in [6.07, 6.45) is 3.26. The number of nitrogens with two attached hydrogens (primary N) is 1. The zero-order valence-electron chi connectivity index (χ0n) is 12.3. The highest BCUT2D eigenvalue weighted by molar-refractivity contribution is 9.10. The second-order valence-corrected chi connectivity index (χ2v) is 6.61. The number of fused-ring (bicyclic) bond motifs is 1. The minimum Gasteiger partial charge on any atom is -0.338 e. The van der Waals surface area contributed by atoms with E-state index >= 15 is 0 Å². The molecule has 1 unspecified atom stereocenters. The van der Waals surface area contributed by atoms with Crippen molar-refractivity contribution in [3.8, 4) is 0 Å². The summed E-state index contributed by atoms with van der Waals surface area (Å²) in [6.45, 7) is 2.98. The third-order valence-corrected chi connectivity index (χ3v) is 4.73. The van der Waals surface area contributed by atoms with Crippen molar-refractivity contribution < 1.29 is 0 Å². The Kier molecular flexibility index (Phi) is 4.32. The van der Waals surface area contributed by atoms with Crippen molar-refractivity contribution in [3.63, 3.8) is 0 Å². The number of hydrogen-bond acceptors (Lipinski definition) is 2. The van der Waals surface area contributed by atoms with Gasteiger partial charge in [0.25, 0.3) is 0 Å². The number of anilines is 2. The highest BCUT2D eigenvalue weighted by Crippen LogP contribution is 2.39. The Labute approximate surface area is 135 Å². The van der Waals surface area contributed by atoms with Gasteiger partial charge in [-0.05, 0) is 68.1 Å². The molecule has 3 rings (SSSR count). The standard InChI is InChI=1S/C18H21BrN2/c1-13-6-7-14-4-2-3-5-17(14)21(13)18-9-8-16(19)12-15(18)10-11-20/h2-5,8-9,12-13H,6-7,10-11,20H2,1H3. The molecule has 0 aromatic heterocycles. The second-order valence-electron chi connectivity index (χ2n) is 5.70. The first-order valence-electron chi connectivity index (χ1n) is 7.56. The van der Waals surface area contributed by atoms with E-state index in [9.17, 15) is 0 Å². The SMILES string of the molecule is CC1CCc2ccccc2N1c1ccc(Br)cc1CCN. The van der Waals surface area contributed by atoms with Crippen LogP contribution in [0.2, 0.25) is 0 Å². The molecule has 0 aliphatic carbocycles. The largest absolute Gasteiger partial charge is 0.338 e. The zero-order chi connectivity index (χ0) is 14.8. The van der Waals surface area contributed by atoms with Crippen LogP contribution in [0.4, 0.5) is 11.4 Å². The van der Waals surface area contributed by atoms with Crippen LogP contribution in [-0.4, -0.2) is 12.6 Å². The van der Waals surface area contributed by atoms with Gasteiger partial charge >= 0.3 is 0 Å². The maximum absolute atomic E-state index is 5.80. The average Bonchev–Trinajstić information content (AvgIpc) is 2.49. The van der Waals surface area contributed by atoms with Crippen molar-refractivity contribution >= 4 is 27.3 Å². The Morgan fingerprint density at radius 3 is 2.81 bits per heavy atom. The van der Waals surface area contributed by atoms with Gasteiger partial charge in [-0.2, -0.15) is 0 Å². The van der Waals surface area contributed by atoms with Crippen molar-refractivity contribution in [2.24, 2.45) is 5.73 Å². The minimum atomic E-state index is 0.512. The lowest BCUT2D eigenvalue weighted by Gasteiger charge is -2.38. The van der Waals surface area contributed by atoms with Gasteiger partial charge in [0.05, 0.1) is 0 Å². The number of hydrogen-bond donors (Lipinski definition) is 1. The fourth-order valence-electron chi connectivity index (χ4n) is 3.20. The first-order valence-corrected chi connectivity index (χ1v) is 8.35. The molecule has 3 heteroatoms. The van der Waals surface area contributed by atoms with Crippen LogP contribution in [0.5, 0.6) is 0 Å². The normalized spacial score (nSPS) is 17.7. The molecule has 1 atom stereocenters. The van der Waals surface area contributed by atoms with Gasteiger partial charge in [-0.1, -0.05) is 34.1 Å². The van der Waals surface area contributed by atoms with E-state index in [4.69, 9.17) is 5.73 Å². The first kappa shape index (κ1) is 14.6. The van der Waals surface area contributed by atoms with Crippen LogP contribution in [0.3, 0.4) is 0 Å². The number of rotatable bonds is 3. The third kappa shape index (κ3) is 2.85. The molecular weight excluding hydrogens is 324 g/mol. The van der Waals surface area contributed by atoms with E-state index < -0.39 is 0 Å². The molecule has 1 aliphatic rings. The van der Waals surface area contributed by atoms with Gasteiger partial charge in [-0.15, -0.1) is 0 Å².